The van der Waals surface area contributed by atoms with Crippen molar-refractivity contribution in [3.05, 3.63) is 53.4 Å². The van der Waals surface area contributed by atoms with E-state index in [1.165, 1.54) is 6.07 Å². The minimum atomic E-state index is -0.356. The van der Waals surface area contributed by atoms with Gasteiger partial charge in [0.15, 0.2) is 0 Å². The van der Waals surface area contributed by atoms with Crippen LogP contribution >= 0.6 is 0 Å². The molecule has 2 rings (SSSR count). The van der Waals surface area contributed by atoms with Crippen LogP contribution in [-0.2, 0) is 6.54 Å². The number of rotatable bonds is 3. The van der Waals surface area contributed by atoms with Crippen molar-refractivity contribution in [3.63, 3.8) is 0 Å². The molecule has 0 spiro atoms. The lowest BCUT2D eigenvalue weighted by Crippen LogP contribution is -2.12. The molecule has 3 N–H and O–H groups in total. The van der Waals surface area contributed by atoms with Gasteiger partial charge in [-0.3, -0.25) is 5.41 Å². The first kappa shape index (κ1) is 11.3. The van der Waals surface area contributed by atoms with E-state index in [2.05, 4.69) is 4.98 Å². The number of amidine groups is 1. The third-order valence-corrected chi connectivity index (χ3v) is 2.63. The maximum atomic E-state index is 13.7. The van der Waals surface area contributed by atoms with Gasteiger partial charge in [-0.05, 0) is 13.0 Å². The zero-order chi connectivity index (χ0) is 12.4. The molecule has 0 fully saturated rings. The summed E-state index contributed by atoms with van der Waals surface area (Å²) in [6.45, 7) is 2.29. The van der Waals surface area contributed by atoms with Crippen molar-refractivity contribution in [1.82, 2.24) is 9.55 Å². The summed E-state index contributed by atoms with van der Waals surface area (Å²) in [5, 5.41) is 7.23. The molecule has 17 heavy (non-hydrogen) atoms. The fraction of sp³-hybridized carbons (Fsp3) is 0.167. The number of nitrogens with two attached hydrogens (primary N) is 1. The van der Waals surface area contributed by atoms with E-state index in [-0.39, 0.29) is 11.7 Å². The van der Waals surface area contributed by atoms with Gasteiger partial charge in [0.05, 0.1) is 6.54 Å². The van der Waals surface area contributed by atoms with Crippen LogP contribution in [0, 0.1) is 18.2 Å². The van der Waals surface area contributed by atoms with Crippen molar-refractivity contribution in [2.45, 2.75) is 13.5 Å². The minimum Gasteiger partial charge on any atom is -0.384 e. The van der Waals surface area contributed by atoms with Crippen LogP contribution in [0.3, 0.4) is 0 Å². The lowest BCUT2D eigenvalue weighted by atomic mass is 10.1. The highest BCUT2D eigenvalue weighted by Crippen LogP contribution is 2.12. The van der Waals surface area contributed by atoms with Gasteiger partial charge in [0.1, 0.15) is 17.5 Å². The highest BCUT2D eigenvalue weighted by molar-refractivity contribution is 5.94. The average Bonchev–Trinajstić information content (AvgIpc) is 2.67. The molecule has 1 aromatic carbocycles. The zero-order valence-corrected chi connectivity index (χ0v) is 9.44. The van der Waals surface area contributed by atoms with Gasteiger partial charge in [-0.2, -0.15) is 0 Å². The number of nitrogens with one attached hydrogen (secondary N) is 1. The van der Waals surface area contributed by atoms with Gasteiger partial charge >= 0.3 is 0 Å². The normalized spacial score (nSPS) is 10.5. The fourth-order valence-electron chi connectivity index (χ4n) is 1.60. The molecule has 0 bridgehead atoms. The van der Waals surface area contributed by atoms with E-state index < -0.39 is 0 Å². The SMILES string of the molecule is Cc1nccn1Cc1ccc(C(=N)N)cc1F. The van der Waals surface area contributed by atoms with Gasteiger partial charge in [-0.15, -0.1) is 0 Å². The second-order valence-electron chi connectivity index (χ2n) is 3.82. The summed E-state index contributed by atoms with van der Waals surface area (Å²) in [6, 6.07) is 4.57. The van der Waals surface area contributed by atoms with E-state index in [0.717, 1.165) is 5.82 Å². The Bertz CT molecular complexity index is 559. The Morgan fingerprint density at radius 2 is 2.29 bits per heavy atom. The third kappa shape index (κ3) is 2.33. The number of aromatic nitrogens is 2. The van der Waals surface area contributed by atoms with E-state index in [9.17, 15) is 4.39 Å². The summed E-state index contributed by atoms with van der Waals surface area (Å²) in [6.07, 6.45) is 3.48. The van der Waals surface area contributed by atoms with E-state index in [0.29, 0.717) is 17.7 Å². The van der Waals surface area contributed by atoms with Crippen molar-refractivity contribution < 1.29 is 4.39 Å². The Kier molecular flexibility index (Phi) is 2.91. The predicted octanol–water partition coefficient (Wildman–Crippen LogP) is 1.66. The molecule has 0 amide bonds. The smallest absolute Gasteiger partial charge is 0.128 e. The van der Waals surface area contributed by atoms with Gasteiger partial charge in [0.2, 0.25) is 0 Å². The summed E-state index contributed by atoms with van der Waals surface area (Å²) in [7, 11) is 0. The maximum Gasteiger partial charge on any atom is 0.128 e. The summed E-state index contributed by atoms with van der Waals surface area (Å²) in [5.74, 6) is 0.347. The molecule has 5 heteroatoms. The molecule has 1 aromatic heterocycles. The Labute approximate surface area is 98.4 Å². The average molecular weight is 232 g/mol. The summed E-state index contributed by atoms with van der Waals surface area (Å²) in [4.78, 5) is 4.07. The van der Waals surface area contributed by atoms with E-state index in [1.807, 2.05) is 11.5 Å². The largest absolute Gasteiger partial charge is 0.384 e. The second kappa shape index (κ2) is 4.37. The number of aryl methyl sites for hydroxylation is 1. The highest BCUT2D eigenvalue weighted by atomic mass is 19.1. The van der Waals surface area contributed by atoms with Crippen LogP contribution in [-0.4, -0.2) is 15.4 Å². The van der Waals surface area contributed by atoms with Gasteiger partial charge in [0, 0.05) is 23.5 Å². The van der Waals surface area contributed by atoms with E-state index >= 15 is 0 Å². The summed E-state index contributed by atoms with van der Waals surface area (Å²) in [5.41, 5.74) is 6.24. The number of hydrogen-bond donors (Lipinski definition) is 2. The Morgan fingerprint density at radius 3 is 2.82 bits per heavy atom. The number of halogens is 1. The predicted molar refractivity (Wildman–Crippen MR) is 63.5 cm³/mol. The quantitative estimate of drug-likeness (QED) is 0.624. The van der Waals surface area contributed by atoms with Gasteiger partial charge in [-0.25, -0.2) is 9.37 Å². The van der Waals surface area contributed by atoms with Crippen LogP contribution in [0.25, 0.3) is 0 Å². The van der Waals surface area contributed by atoms with Crippen LogP contribution in [0.15, 0.2) is 30.6 Å². The zero-order valence-electron chi connectivity index (χ0n) is 9.44. The van der Waals surface area contributed by atoms with E-state index in [1.54, 1.807) is 24.5 Å². The van der Waals surface area contributed by atoms with Crippen molar-refractivity contribution in [1.29, 1.82) is 5.41 Å². The topological polar surface area (TPSA) is 67.7 Å². The molecule has 88 valence electrons. The maximum absolute atomic E-state index is 13.7. The number of nitrogen functional groups attached to an aromatic ring is 1. The molecule has 4 nitrogen and oxygen atoms in total. The lowest BCUT2D eigenvalue weighted by molar-refractivity contribution is 0.596. The Hall–Kier alpha value is -2.17. The fourth-order valence-corrected chi connectivity index (χ4v) is 1.60. The van der Waals surface area contributed by atoms with Gasteiger partial charge in [-0.1, -0.05) is 12.1 Å². The van der Waals surface area contributed by atoms with Crippen LogP contribution < -0.4 is 5.73 Å². The number of hydrogen-bond acceptors (Lipinski definition) is 2. The van der Waals surface area contributed by atoms with Gasteiger partial charge in [0.25, 0.3) is 0 Å². The lowest BCUT2D eigenvalue weighted by Gasteiger charge is -2.07. The standard InChI is InChI=1S/C12H13FN4/c1-8-16-4-5-17(8)7-10-3-2-9(12(14)15)6-11(10)13/h2-6H,7H2,1H3,(H3,14,15). The first-order chi connectivity index (χ1) is 8.08. The van der Waals surface area contributed by atoms with Gasteiger partial charge < -0.3 is 10.3 Å². The molecule has 1 heterocycles. The van der Waals surface area contributed by atoms with Crippen molar-refractivity contribution >= 4 is 5.84 Å². The molecular weight excluding hydrogens is 219 g/mol. The van der Waals surface area contributed by atoms with Crippen molar-refractivity contribution in [2.75, 3.05) is 0 Å². The van der Waals surface area contributed by atoms with Crippen LogP contribution in [0.2, 0.25) is 0 Å². The second-order valence-corrected chi connectivity index (χ2v) is 3.82. The first-order valence-corrected chi connectivity index (χ1v) is 5.18. The first-order valence-electron chi connectivity index (χ1n) is 5.18. The molecule has 0 atom stereocenters. The van der Waals surface area contributed by atoms with E-state index in [4.69, 9.17) is 11.1 Å². The monoisotopic (exact) mass is 232 g/mol. The Balaban J connectivity index is 2.29. The number of imidazole rings is 1. The number of benzene rings is 1. The van der Waals surface area contributed by atoms with Crippen molar-refractivity contribution in [2.24, 2.45) is 5.73 Å². The minimum absolute atomic E-state index is 0.130. The molecule has 2 aromatic rings. The summed E-state index contributed by atoms with van der Waals surface area (Å²) < 4.78 is 15.6. The third-order valence-electron chi connectivity index (χ3n) is 2.63. The molecular formula is C12H13FN4. The number of nitrogens with zero attached hydrogens (tertiary/aromatic N) is 2. The summed E-state index contributed by atoms with van der Waals surface area (Å²) >= 11 is 0. The van der Waals surface area contributed by atoms with Crippen molar-refractivity contribution in [3.8, 4) is 0 Å². The van der Waals surface area contributed by atoms with Crippen LogP contribution in [0.4, 0.5) is 4.39 Å². The molecule has 0 aliphatic rings. The highest BCUT2D eigenvalue weighted by Gasteiger charge is 2.07. The molecule has 0 aliphatic heterocycles. The van der Waals surface area contributed by atoms with Crippen LogP contribution in [0.1, 0.15) is 17.0 Å². The Morgan fingerprint density at radius 1 is 1.53 bits per heavy atom. The molecule has 0 saturated carbocycles. The van der Waals surface area contributed by atoms with Crippen LogP contribution in [0.5, 0.6) is 0 Å². The molecule has 0 aliphatic carbocycles. The molecule has 0 saturated heterocycles. The molecule has 0 unspecified atom stereocenters. The molecule has 0 radical (unpaired) electrons.